The van der Waals surface area contributed by atoms with Gasteiger partial charge in [-0.25, -0.2) is 0 Å². The van der Waals surface area contributed by atoms with Gasteiger partial charge in [-0.1, -0.05) is 0 Å². The van der Waals surface area contributed by atoms with Crippen LogP contribution in [0, 0.1) is 0 Å². The van der Waals surface area contributed by atoms with E-state index in [0.29, 0.717) is 0 Å². The summed E-state index contributed by atoms with van der Waals surface area (Å²) in [4.78, 5) is 10.1. The molecule has 0 bridgehead atoms. The van der Waals surface area contributed by atoms with Gasteiger partial charge in [0.2, 0.25) is 1.43 Å². The first-order valence-corrected chi connectivity index (χ1v) is 3.30. The Kier molecular flexibility index (Phi) is 12.6. The molecule has 0 aromatic rings. The summed E-state index contributed by atoms with van der Waals surface area (Å²) in [6.45, 7) is -0.762. The van der Waals surface area contributed by atoms with E-state index in [-0.39, 0.29) is 48.3 Å². The second-order valence-electron chi connectivity index (χ2n) is 2.33. The van der Waals surface area contributed by atoms with E-state index in [4.69, 9.17) is 21.9 Å². The van der Waals surface area contributed by atoms with E-state index in [1.807, 2.05) is 0 Å². The third-order valence-corrected chi connectivity index (χ3v) is 1.40. The number of aliphatic hydroxyl groups is 5. The maximum atomic E-state index is 10.1. The van der Waals surface area contributed by atoms with Gasteiger partial charge in [-0.15, -0.1) is 0 Å². The van der Waals surface area contributed by atoms with Crippen molar-refractivity contribution in [3.63, 3.8) is 0 Å². The second kappa shape index (κ2) is 10.3. The summed E-state index contributed by atoms with van der Waals surface area (Å²) in [5, 5.41) is 39.1. The van der Waals surface area contributed by atoms with Gasteiger partial charge in [0.15, 0.2) is 6.29 Å². The van der Waals surface area contributed by atoms with Crippen molar-refractivity contribution in [3.8, 4) is 0 Å². The van der Waals surface area contributed by atoms with E-state index < -0.39 is 31.0 Å². The van der Waals surface area contributed by atoms with Crippen molar-refractivity contribution in [2.45, 2.75) is 24.4 Å². The fourth-order valence-electron chi connectivity index (χ4n) is 0.610. The van der Waals surface area contributed by atoms with E-state index in [1.54, 1.807) is 0 Å². The van der Waals surface area contributed by atoms with Crippen LogP contribution in [-0.2, 0) is 4.79 Å². The Morgan fingerprint density at radius 1 is 1.29 bits per heavy atom. The summed E-state index contributed by atoms with van der Waals surface area (Å²) >= 11 is 0. The van der Waals surface area contributed by atoms with Gasteiger partial charge >= 0.3 is 29.6 Å². The Bertz CT molecular complexity index is 165. The zero-order chi connectivity index (χ0) is 10.4. The number of halogens is 1. The molecule has 0 saturated carbocycles. The van der Waals surface area contributed by atoms with Gasteiger partial charge in [-0.3, -0.25) is 0 Å². The largest absolute Gasteiger partial charge is 1.00 e. The molecule has 0 aliphatic carbocycles. The molecular formula is C6H12ClNaO6. The fourth-order valence-corrected chi connectivity index (χ4v) is 0.610. The van der Waals surface area contributed by atoms with Crippen LogP contribution in [0.5, 0.6) is 0 Å². The average Bonchev–Trinajstić information content (AvgIpc) is 2.17. The molecule has 0 saturated heterocycles. The Morgan fingerprint density at radius 2 is 1.79 bits per heavy atom. The smallest absolute Gasteiger partial charge is 1.00 e. The molecule has 6 nitrogen and oxygen atoms in total. The molecule has 0 aliphatic heterocycles. The minimum absolute atomic E-state index is 0. The molecule has 8 heteroatoms. The fraction of sp³-hybridized carbons (Fsp3) is 0.833. The monoisotopic (exact) mass is 239 g/mol. The van der Waals surface area contributed by atoms with Crippen LogP contribution in [0.25, 0.3) is 0 Å². The first kappa shape index (κ1) is 17.2. The molecule has 0 rings (SSSR count). The molecule has 5 N–H and O–H groups in total. The standard InChI is InChI=1S/C6H12O6.ClH.Na/c7-1-3(9)5(11)6(12)4(10)2-8;;/h1,3-6,8-12H,2H2;1H;/q;;+1/p-1/t3-,4+,5+,6+;;/m0../s1/i9D;;. The summed E-state index contributed by atoms with van der Waals surface area (Å²) in [5.41, 5.74) is 0. The summed E-state index contributed by atoms with van der Waals surface area (Å²) < 4.78 is 6.34. The molecule has 0 aromatic heterocycles. The number of aliphatic hydroxyl groups excluding tert-OH is 5. The van der Waals surface area contributed by atoms with Crippen LogP contribution < -0.4 is 42.0 Å². The number of aldehydes is 1. The number of rotatable bonds is 6. The summed E-state index contributed by atoms with van der Waals surface area (Å²) in [6.07, 6.45) is -6.48. The van der Waals surface area contributed by atoms with E-state index >= 15 is 0 Å². The Morgan fingerprint density at radius 3 is 2.07 bits per heavy atom. The Hall–Kier alpha value is 0.760. The van der Waals surface area contributed by atoms with E-state index in [9.17, 15) is 4.79 Å². The predicted molar refractivity (Wildman–Crippen MR) is 37.2 cm³/mol. The van der Waals surface area contributed by atoms with Crippen LogP contribution >= 0.6 is 0 Å². The molecule has 0 aromatic carbocycles. The first-order chi connectivity index (χ1) is 6.08. The SMILES string of the molecule is [2H]O[C@@H](C=O)[C@@H](O)[C@H](O)[C@H](O)CO.[Cl-].[Na+]. The predicted octanol–water partition coefficient (Wildman–Crippen LogP) is -9.37. The Labute approximate surface area is 111 Å². The molecular weight excluding hydrogens is 227 g/mol. The van der Waals surface area contributed by atoms with Crippen LogP contribution in [-0.4, -0.2) is 64.3 Å². The van der Waals surface area contributed by atoms with Crippen molar-refractivity contribution < 1.29 is 72.3 Å². The van der Waals surface area contributed by atoms with Gasteiger partial charge in [-0.05, 0) is 0 Å². The van der Waals surface area contributed by atoms with Crippen molar-refractivity contribution in [2.24, 2.45) is 0 Å². The topological polar surface area (TPSA) is 118 Å². The van der Waals surface area contributed by atoms with E-state index in [0.717, 1.165) is 0 Å². The minimum Gasteiger partial charge on any atom is -1.00 e. The number of carbonyl (C=O) groups excluding carboxylic acids is 1. The van der Waals surface area contributed by atoms with Gasteiger partial charge in [0, 0.05) is 0 Å². The average molecular weight is 240 g/mol. The van der Waals surface area contributed by atoms with Crippen molar-refractivity contribution in [2.75, 3.05) is 6.61 Å². The van der Waals surface area contributed by atoms with Crippen LogP contribution in [0.15, 0.2) is 0 Å². The number of hydrogen-bond donors (Lipinski definition) is 5. The summed E-state index contributed by atoms with van der Waals surface area (Å²) in [5.74, 6) is 0. The maximum absolute atomic E-state index is 10.1. The van der Waals surface area contributed by atoms with Crippen molar-refractivity contribution in [1.29, 1.82) is 1.43 Å². The van der Waals surface area contributed by atoms with Crippen LogP contribution in [0.4, 0.5) is 0 Å². The summed E-state index contributed by atoms with van der Waals surface area (Å²) in [7, 11) is 0. The molecule has 0 spiro atoms. The molecule has 0 amide bonds. The number of carbonyl (C=O) groups is 1. The third-order valence-electron chi connectivity index (χ3n) is 1.40. The molecule has 0 unspecified atom stereocenters. The van der Waals surface area contributed by atoms with Gasteiger partial charge in [-0.2, -0.15) is 0 Å². The van der Waals surface area contributed by atoms with Crippen molar-refractivity contribution >= 4 is 6.29 Å². The molecule has 0 aliphatic rings. The van der Waals surface area contributed by atoms with Gasteiger partial charge in [0.05, 0.1) is 6.61 Å². The maximum Gasteiger partial charge on any atom is 1.00 e. The van der Waals surface area contributed by atoms with Crippen LogP contribution in [0.2, 0.25) is 0 Å². The van der Waals surface area contributed by atoms with Crippen molar-refractivity contribution in [3.05, 3.63) is 0 Å². The molecule has 80 valence electrons. The quantitative estimate of drug-likeness (QED) is 0.232. The van der Waals surface area contributed by atoms with Crippen LogP contribution in [0.1, 0.15) is 0 Å². The third kappa shape index (κ3) is 6.28. The zero-order valence-electron chi connectivity index (χ0n) is 8.58. The van der Waals surface area contributed by atoms with Gasteiger partial charge in [0.1, 0.15) is 24.4 Å². The van der Waals surface area contributed by atoms with Crippen molar-refractivity contribution in [1.82, 2.24) is 0 Å². The normalized spacial score (nSPS) is 19.0. The van der Waals surface area contributed by atoms with Gasteiger partial charge in [0.25, 0.3) is 0 Å². The van der Waals surface area contributed by atoms with E-state index in [2.05, 4.69) is 5.11 Å². The zero-order valence-corrected chi connectivity index (χ0v) is 10.3. The molecule has 0 fully saturated rings. The molecule has 14 heavy (non-hydrogen) atoms. The molecule has 0 heterocycles. The second-order valence-corrected chi connectivity index (χ2v) is 2.33. The Balaban J connectivity index is -0.000000720. The first-order valence-electron chi connectivity index (χ1n) is 3.71. The minimum atomic E-state index is -1.74. The molecule has 4 atom stereocenters. The summed E-state index contributed by atoms with van der Waals surface area (Å²) in [6, 6.07) is 0. The molecule has 0 radical (unpaired) electrons. The number of hydrogen-bond acceptors (Lipinski definition) is 6. The van der Waals surface area contributed by atoms with E-state index in [1.165, 1.54) is 0 Å². The van der Waals surface area contributed by atoms with Gasteiger partial charge < -0.3 is 42.7 Å². The van der Waals surface area contributed by atoms with Crippen LogP contribution in [0.3, 0.4) is 0 Å².